The maximum Gasteiger partial charge on any atom is 0.291 e. The smallest absolute Gasteiger partial charge is 0.291 e. The summed E-state index contributed by atoms with van der Waals surface area (Å²) in [7, 11) is 1.80. The average Bonchev–Trinajstić information content (AvgIpc) is 3.07. The summed E-state index contributed by atoms with van der Waals surface area (Å²) >= 11 is 0. The van der Waals surface area contributed by atoms with E-state index in [1.165, 1.54) is 24.7 Å². The molecule has 1 N–H and O–H groups in total. The van der Waals surface area contributed by atoms with Crippen LogP contribution in [0.4, 0.5) is 5.82 Å². The number of rotatable bonds is 3. The Morgan fingerprint density at radius 3 is 2.91 bits per heavy atom. The predicted octanol–water partition coefficient (Wildman–Crippen LogP) is 0.434. The van der Waals surface area contributed by atoms with Gasteiger partial charge in [0, 0.05) is 20.1 Å². The quantitative estimate of drug-likeness (QED) is 0.884. The number of hydrogen-bond acceptors (Lipinski definition) is 6. The molecule has 1 amide bonds. The van der Waals surface area contributed by atoms with Crippen molar-refractivity contribution in [2.45, 2.75) is 31.7 Å². The molecule has 0 spiro atoms. The first-order chi connectivity index (χ1) is 11.2. The van der Waals surface area contributed by atoms with E-state index in [0.717, 1.165) is 37.4 Å². The number of likely N-dealkylation sites (N-methyl/N-ethyl adjacent to an activating group) is 1. The Morgan fingerprint density at radius 1 is 1.30 bits per heavy atom. The summed E-state index contributed by atoms with van der Waals surface area (Å²) < 4.78 is 0. The van der Waals surface area contributed by atoms with Crippen molar-refractivity contribution < 1.29 is 4.79 Å². The van der Waals surface area contributed by atoms with Crippen molar-refractivity contribution in [2.75, 3.05) is 25.0 Å². The van der Waals surface area contributed by atoms with Crippen molar-refractivity contribution >= 4 is 11.7 Å². The molecule has 1 aliphatic heterocycles. The number of fused-ring (bicyclic) bond motifs is 1. The summed E-state index contributed by atoms with van der Waals surface area (Å²) in [5, 5.41) is 15.0. The van der Waals surface area contributed by atoms with E-state index < -0.39 is 0 Å². The van der Waals surface area contributed by atoms with Crippen LogP contribution in [-0.4, -0.2) is 62.4 Å². The van der Waals surface area contributed by atoms with Crippen molar-refractivity contribution in [1.82, 2.24) is 30.3 Å². The molecule has 3 heterocycles. The number of nitrogens with zero attached hydrogens (tertiary/aromatic N) is 6. The van der Waals surface area contributed by atoms with Gasteiger partial charge >= 0.3 is 0 Å². The zero-order valence-electron chi connectivity index (χ0n) is 13.1. The Bertz CT molecular complexity index is 709. The van der Waals surface area contributed by atoms with Gasteiger partial charge in [0.15, 0.2) is 5.82 Å². The van der Waals surface area contributed by atoms with E-state index in [1.54, 1.807) is 11.9 Å². The van der Waals surface area contributed by atoms with E-state index >= 15 is 0 Å². The SMILES string of the molecule is CN(C(=O)c1ncn[nH]1)C1CN(c2cc3c(nn2)CCCC3)C1. The van der Waals surface area contributed by atoms with Gasteiger partial charge in [-0.05, 0) is 37.3 Å². The number of hydrogen-bond donors (Lipinski definition) is 1. The minimum Gasteiger partial charge on any atom is -0.351 e. The van der Waals surface area contributed by atoms with Crippen LogP contribution in [0, 0.1) is 0 Å². The summed E-state index contributed by atoms with van der Waals surface area (Å²) in [5.74, 6) is 1.06. The zero-order valence-corrected chi connectivity index (χ0v) is 13.1. The number of H-pyrrole nitrogens is 1. The number of carbonyl (C=O) groups is 1. The highest BCUT2D eigenvalue weighted by molar-refractivity contribution is 5.90. The Labute approximate surface area is 133 Å². The molecule has 0 aromatic carbocycles. The first-order valence-electron chi connectivity index (χ1n) is 7.95. The molecule has 0 bridgehead atoms. The Balaban J connectivity index is 1.40. The molecule has 2 aromatic heterocycles. The number of aromatic amines is 1. The number of amides is 1. The fourth-order valence-electron chi connectivity index (χ4n) is 3.16. The average molecular weight is 313 g/mol. The molecule has 2 aliphatic rings. The topological polar surface area (TPSA) is 90.9 Å². The highest BCUT2D eigenvalue weighted by Gasteiger charge is 2.34. The molecular weight excluding hydrogens is 294 g/mol. The van der Waals surface area contributed by atoms with Crippen molar-refractivity contribution in [3.63, 3.8) is 0 Å². The third-order valence-electron chi connectivity index (χ3n) is 4.73. The molecule has 120 valence electrons. The lowest BCUT2D eigenvalue weighted by atomic mass is 9.96. The lowest BCUT2D eigenvalue weighted by Crippen LogP contribution is -2.60. The van der Waals surface area contributed by atoms with Crippen molar-refractivity contribution in [3.05, 3.63) is 29.5 Å². The van der Waals surface area contributed by atoms with Crippen LogP contribution in [0.5, 0.6) is 0 Å². The Kier molecular flexibility index (Phi) is 3.44. The Hall–Kier alpha value is -2.51. The number of aromatic nitrogens is 5. The van der Waals surface area contributed by atoms with Gasteiger partial charge in [0.1, 0.15) is 6.33 Å². The molecule has 4 rings (SSSR count). The van der Waals surface area contributed by atoms with Crippen LogP contribution in [0.15, 0.2) is 12.4 Å². The van der Waals surface area contributed by atoms with E-state index in [-0.39, 0.29) is 17.8 Å². The van der Waals surface area contributed by atoms with Crippen molar-refractivity contribution in [3.8, 4) is 0 Å². The lowest BCUT2D eigenvalue weighted by Gasteiger charge is -2.44. The van der Waals surface area contributed by atoms with Gasteiger partial charge in [-0.25, -0.2) is 4.98 Å². The van der Waals surface area contributed by atoms with Crippen LogP contribution in [0.25, 0.3) is 0 Å². The summed E-state index contributed by atoms with van der Waals surface area (Å²) in [6.07, 6.45) is 5.92. The highest BCUT2D eigenvalue weighted by Crippen LogP contribution is 2.26. The molecule has 0 atom stereocenters. The molecule has 1 saturated heterocycles. The van der Waals surface area contributed by atoms with Gasteiger partial charge in [0.2, 0.25) is 5.82 Å². The molecule has 0 saturated carbocycles. The first kappa shape index (κ1) is 14.1. The number of aryl methyl sites for hydroxylation is 2. The first-order valence-corrected chi connectivity index (χ1v) is 7.95. The van der Waals surface area contributed by atoms with Crippen LogP contribution in [-0.2, 0) is 12.8 Å². The molecule has 1 fully saturated rings. The minimum absolute atomic E-state index is 0.135. The van der Waals surface area contributed by atoms with Gasteiger partial charge in [-0.1, -0.05) is 0 Å². The van der Waals surface area contributed by atoms with Crippen LogP contribution in [0.3, 0.4) is 0 Å². The second-order valence-electron chi connectivity index (χ2n) is 6.19. The van der Waals surface area contributed by atoms with Gasteiger partial charge in [-0.2, -0.15) is 10.2 Å². The number of nitrogens with one attached hydrogen (secondary N) is 1. The maximum absolute atomic E-state index is 12.2. The normalized spacial score (nSPS) is 17.5. The minimum atomic E-state index is -0.135. The fraction of sp³-hybridized carbons (Fsp3) is 0.533. The van der Waals surface area contributed by atoms with Gasteiger partial charge in [-0.15, -0.1) is 5.10 Å². The molecule has 0 radical (unpaired) electrons. The second kappa shape index (κ2) is 5.60. The van der Waals surface area contributed by atoms with E-state index in [4.69, 9.17) is 0 Å². The summed E-state index contributed by atoms with van der Waals surface area (Å²) in [6.45, 7) is 1.54. The fourth-order valence-corrected chi connectivity index (χ4v) is 3.16. The highest BCUT2D eigenvalue weighted by atomic mass is 16.2. The molecule has 2 aromatic rings. The molecule has 23 heavy (non-hydrogen) atoms. The van der Waals surface area contributed by atoms with Gasteiger partial charge in [0.25, 0.3) is 5.91 Å². The van der Waals surface area contributed by atoms with E-state index in [0.29, 0.717) is 0 Å². The van der Waals surface area contributed by atoms with Gasteiger partial charge < -0.3 is 9.80 Å². The monoisotopic (exact) mass is 313 g/mol. The largest absolute Gasteiger partial charge is 0.351 e. The molecular formula is C15H19N7O. The van der Waals surface area contributed by atoms with E-state index in [2.05, 4.69) is 36.3 Å². The summed E-state index contributed by atoms with van der Waals surface area (Å²) in [5.41, 5.74) is 2.48. The second-order valence-corrected chi connectivity index (χ2v) is 6.19. The van der Waals surface area contributed by atoms with E-state index in [9.17, 15) is 4.79 Å². The Morgan fingerprint density at radius 2 is 2.13 bits per heavy atom. The standard InChI is InChI=1S/C15H19N7O/c1-21(15(23)14-16-9-17-20-14)11-7-22(8-11)13-6-10-4-2-3-5-12(10)18-19-13/h6,9,11H,2-5,7-8H2,1H3,(H,16,17,20). The third kappa shape index (κ3) is 2.54. The summed E-state index contributed by atoms with van der Waals surface area (Å²) in [4.78, 5) is 20.0. The van der Waals surface area contributed by atoms with Crippen LogP contribution < -0.4 is 4.90 Å². The van der Waals surface area contributed by atoms with Crippen LogP contribution in [0.1, 0.15) is 34.7 Å². The van der Waals surface area contributed by atoms with Crippen molar-refractivity contribution in [1.29, 1.82) is 0 Å². The molecule has 1 aliphatic carbocycles. The van der Waals surface area contributed by atoms with Gasteiger partial charge in [-0.3, -0.25) is 9.89 Å². The zero-order chi connectivity index (χ0) is 15.8. The van der Waals surface area contributed by atoms with Crippen LogP contribution >= 0.6 is 0 Å². The van der Waals surface area contributed by atoms with Crippen LogP contribution in [0.2, 0.25) is 0 Å². The molecule has 8 heteroatoms. The number of anilines is 1. The lowest BCUT2D eigenvalue weighted by molar-refractivity contribution is 0.0693. The maximum atomic E-state index is 12.2. The summed E-state index contributed by atoms with van der Waals surface area (Å²) in [6, 6.07) is 2.32. The van der Waals surface area contributed by atoms with E-state index in [1.807, 2.05) is 0 Å². The molecule has 0 unspecified atom stereocenters. The number of carbonyl (C=O) groups excluding carboxylic acids is 1. The molecule has 8 nitrogen and oxygen atoms in total. The van der Waals surface area contributed by atoms with Gasteiger partial charge in [0.05, 0.1) is 11.7 Å². The third-order valence-corrected chi connectivity index (χ3v) is 4.73. The van der Waals surface area contributed by atoms with Crippen molar-refractivity contribution in [2.24, 2.45) is 0 Å². The predicted molar refractivity (Wildman–Crippen MR) is 83.2 cm³/mol.